The molecule has 3 N–H and O–H groups in total. The molecule has 0 radical (unpaired) electrons. The monoisotopic (exact) mass is 499 g/mol. The first-order valence-corrected chi connectivity index (χ1v) is 13.6. The van der Waals surface area contributed by atoms with Gasteiger partial charge in [-0.15, -0.1) is 0 Å². The fraction of sp³-hybridized carbons (Fsp3) is 0.212. The van der Waals surface area contributed by atoms with Crippen molar-refractivity contribution < 1.29 is 0 Å². The van der Waals surface area contributed by atoms with Gasteiger partial charge in [-0.2, -0.15) is 0 Å². The van der Waals surface area contributed by atoms with Crippen molar-refractivity contribution in [3.05, 3.63) is 97.1 Å². The summed E-state index contributed by atoms with van der Waals surface area (Å²) in [6.07, 6.45) is 3.35. The van der Waals surface area contributed by atoms with E-state index in [2.05, 4.69) is 101 Å². The molecule has 38 heavy (non-hydrogen) atoms. The number of pyridine rings is 2. The van der Waals surface area contributed by atoms with Crippen LogP contribution in [0, 0.1) is 0 Å². The standard InChI is InChI=1S/C33H33N5/c1-3-12-28-24(10-1)22-26-30(14-7-16-32(26)37-28)35-20-6-5-18-34-19-9-21-36-31-15-8-17-33-27(31)23-25-11-2-4-13-29(25)38-33/h1-4,7-8,10-17,22-23,34-36H,5-6,9,18-21H2. The lowest BCUT2D eigenvalue weighted by Gasteiger charge is -2.12. The normalized spacial score (nSPS) is 11.5. The number of anilines is 2. The van der Waals surface area contributed by atoms with Gasteiger partial charge in [0.05, 0.1) is 22.1 Å². The van der Waals surface area contributed by atoms with Crippen LogP contribution in [0.4, 0.5) is 11.4 Å². The third-order valence-corrected chi connectivity index (χ3v) is 7.06. The van der Waals surface area contributed by atoms with Crippen LogP contribution < -0.4 is 16.0 Å². The van der Waals surface area contributed by atoms with Crippen molar-refractivity contribution in [2.75, 3.05) is 36.8 Å². The molecule has 4 aromatic carbocycles. The van der Waals surface area contributed by atoms with Crippen LogP contribution in [0.5, 0.6) is 0 Å². The Labute approximate surface area is 223 Å². The van der Waals surface area contributed by atoms with Crippen molar-refractivity contribution in [1.82, 2.24) is 15.3 Å². The largest absolute Gasteiger partial charge is 0.384 e. The van der Waals surface area contributed by atoms with E-state index in [1.165, 1.54) is 21.5 Å². The molecule has 0 bridgehead atoms. The lowest BCUT2D eigenvalue weighted by Crippen LogP contribution is -2.20. The van der Waals surface area contributed by atoms with E-state index in [-0.39, 0.29) is 0 Å². The second-order valence-electron chi connectivity index (χ2n) is 9.77. The number of unbranched alkanes of at least 4 members (excludes halogenated alkanes) is 1. The highest BCUT2D eigenvalue weighted by Gasteiger charge is 2.05. The number of benzene rings is 4. The number of hydrogen-bond acceptors (Lipinski definition) is 5. The molecular weight excluding hydrogens is 466 g/mol. The summed E-state index contributed by atoms with van der Waals surface area (Å²) in [6, 6.07) is 33.7. The lowest BCUT2D eigenvalue weighted by atomic mass is 10.1. The van der Waals surface area contributed by atoms with E-state index >= 15 is 0 Å². The van der Waals surface area contributed by atoms with Crippen LogP contribution in [0.3, 0.4) is 0 Å². The van der Waals surface area contributed by atoms with Crippen LogP contribution in [0.15, 0.2) is 97.1 Å². The minimum absolute atomic E-state index is 0.935. The van der Waals surface area contributed by atoms with E-state index in [1.807, 2.05) is 12.1 Å². The van der Waals surface area contributed by atoms with Crippen LogP contribution in [-0.4, -0.2) is 36.1 Å². The fourth-order valence-electron chi connectivity index (χ4n) is 5.07. The van der Waals surface area contributed by atoms with E-state index in [1.54, 1.807) is 0 Å². The molecule has 2 aromatic heterocycles. The van der Waals surface area contributed by atoms with Crippen molar-refractivity contribution in [3.63, 3.8) is 0 Å². The summed E-state index contributed by atoms with van der Waals surface area (Å²) < 4.78 is 0. The Bertz CT molecular complexity index is 1570. The smallest absolute Gasteiger partial charge is 0.0730 e. The molecule has 0 saturated carbocycles. The van der Waals surface area contributed by atoms with E-state index < -0.39 is 0 Å². The van der Waals surface area contributed by atoms with E-state index in [0.29, 0.717) is 0 Å². The predicted molar refractivity (Wildman–Crippen MR) is 162 cm³/mol. The zero-order chi connectivity index (χ0) is 25.6. The lowest BCUT2D eigenvalue weighted by molar-refractivity contribution is 0.619. The Kier molecular flexibility index (Phi) is 7.27. The first-order valence-electron chi connectivity index (χ1n) is 13.6. The molecule has 2 heterocycles. The van der Waals surface area contributed by atoms with Crippen LogP contribution in [0.2, 0.25) is 0 Å². The maximum Gasteiger partial charge on any atom is 0.0730 e. The second-order valence-corrected chi connectivity index (χ2v) is 9.77. The van der Waals surface area contributed by atoms with Gasteiger partial charge in [-0.1, -0.05) is 48.5 Å². The first kappa shape index (κ1) is 24.1. The van der Waals surface area contributed by atoms with Crippen LogP contribution in [-0.2, 0) is 0 Å². The Morgan fingerprint density at radius 3 is 1.53 bits per heavy atom. The summed E-state index contributed by atoms with van der Waals surface area (Å²) in [5.41, 5.74) is 6.48. The summed E-state index contributed by atoms with van der Waals surface area (Å²) in [5, 5.41) is 15.6. The molecule has 0 aliphatic carbocycles. The molecule has 0 spiro atoms. The summed E-state index contributed by atoms with van der Waals surface area (Å²) >= 11 is 0. The quantitative estimate of drug-likeness (QED) is 0.128. The van der Waals surface area contributed by atoms with Gasteiger partial charge in [0.15, 0.2) is 0 Å². The Hall–Kier alpha value is -4.22. The van der Waals surface area contributed by atoms with Crippen LogP contribution in [0.25, 0.3) is 43.6 Å². The average Bonchev–Trinajstić information content (AvgIpc) is 2.96. The van der Waals surface area contributed by atoms with Gasteiger partial charge >= 0.3 is 0 Å². The maximum absolute atomic E-state index is 4.82. The van der Waals surface area contributed by atoms with Gasteiger partial charge in [0, 0.05) is 46.0 Å². The van der Waals surface area contributed by atoms with Gasteiger partial charge in [-0.3, -0.25) is 0 Å². The highest BCUT2D eigenvalue weighted by Crippen LogP contribution is 2.27. The average molecular weight is 500 g/mol. The number of rotatable bonds is 11. The third-order valence-electron chi connectivity index (χ3n) is 7.06. The van der Waals surface area contributed by atoms with Gasteiger partial charge in [-0.25, -0.2) is 9.97 Å². The molecule has 190 valence electrons. The highest BCUT2D eigenvalue weighted by molar-refractivity contribution is 6.00. The van der Waals surface area contributed by atoms with Gasteiger partial charge in [0.25, 0.3) is 0 Å². The molecule has 0 unspecified atom stereocenters. The zero-order valence-electron chi connectivity index (χ0n) is 21.6. The Morgan fingerprint density at radius 2 is 0.921 bits per heavy atom. The molecule has 6 rings (SSSR count). The zero-order valence-corrected chi connectivity index (χ0v) is 21.6. The van der Waals surface area contributed by atoms with Crippen molar-refractivity contribution in [3.8, 4) is 0 Å². The Morgan fingerprint density at radius 1 is 0.447 bits per heavy atom. The van der Waals surface area contributed by atoms with E-state index in [9.17, 15) is 0 Å². The van der Waals surface area contributed by atoms with E-state index in [0.717, 1.165) is 78.9 Å². The molecule has 0 saturated heterocycles. The predicted octanol–water partition coefficient (Wildman–Crippen LogP) is 7.37. The summed E-state index contributed by atoms with van der Waals surface area (Å²) in [6.45, 7) is 3.94. The number of aromatic nitrogens is 2. The minimum atomic E-state index is 0.935. The molecule has 0 aliphatic rings. The molecular formula is C33H33N5. The Balaban J connectivity index is 0.920. The highest BCUT2D eigenvalue weighted by atomic mass is 14.9. The molecule has 5 heteroatoms. The maximum atomic E-state index is 4.82. The van der Waals surface area contributed by atoms with E-state index in [4.69, 9.17) is 9.97 Å². The van der Waals surface area contributed by atoms with Gasteiger partial charge < -0.3 is 16.0 Å². The molecule has 0 aliphatic heterocycles. The molecule has 0 fully saturated rings. The first-order chi connectivity index (χ1) is 18.8. The van der Waals surface area contributed by atoms with Crippen molar-refractivity contribution in [2.45, 2.75) is 19.3 Å². The topological polar surface area (TPSA) is 61.9 Å². The number of hydrogen-bond donors (Lipinski definition) is 3. The summed E-state index contributed by atoms with van der Waals surface area (Å²) in [5.74, 6) is 0. The van der Waals surface area contributed by atoms with Crippen molar-refractivity contribution >= 4 is 55.0 Å². The van der Waals surface area contributed by atoms with Gasteiger partial charge in [0.2, 0.25) is 0 Å². The summed E-state index contributed by atoms with van der Waals surface area (Å²) in [4.78, 5) is 9.64. The van der Waals surface area contributed by atoms with Gasteiger partial charge in [0.1, 0.15) is 0 Å². The number of nitrogens with one attached hydrogen (secondary N) is 3. The fourth-order valence-corrected chi connectivity index (χ4v) is 5.07. The number of fused-ring (bicyclic) bond motifs is 4. The SMILES string of the molecule is c1ccc2nc3cccc(NCCCCNCCCNc4cccc5nc6ccccc6cc45)c3cc2c1. The van der Waals surface area contributed by atoms with Crippen LogP contribution >= 0.6 is 0 Å². The number of para-hydroxylation sites is 2. The van der Waals surface area contributed by atoms with Crippen LogP contribution in [0.1, 0.15) is 19.3 Å². The van der Waals surface area contributed by atoms with Gasteiger partial charge in [-0.05, 0) is 80.9 Å². The summed E-state index contributed by atoms with van der Waals surface area (Å²) in [7, 11) is 0. The number of nitrogens with zero attached hydrogens (tertiary/aromatic N) is 2. The van der Waals surface area contributed by atoms with Crippen molar-refractivity contribution in [1.29, 1.82) is 0 Å². The molecule has 0 atom stereocenters. The van der Waals surface area contributed by atoms with Crippen molar-refractivity contribution in [2.24, 2.45) is 0 Å². The third kappa shape index (κ3) is 5.38. The minimum Gasteiger partial charge on any atom is -0.384 e. The molecule has 5 nitrogen and oxygen atoms in total. The second kappa shape index (κ2) is 11.4. The molecule has 6 aromatic rings. The molecule has 0 amide bonds.